The van der Waals surface area contributed by atoms with Crippen molar-refractivity contribution in [1.29, 1.82) is 0 Å². The summed E-state index contributed by atoms with van der Waals surface area (Å²) < 4.78 is 4.88. The van der Waals surface area contributed by atoms with Crippen LogP contribution in [-0.2, 0) is 28.8 Å². The molecule has 0 radical (unpaired) electrons. The fourth-order valence-electron chi connectivity index (χ4n) is 3.15. The monoisotopic (exact) mass is 374 g/mol. The molecule has 1 aliphatic carbocycles. The van der Waals surface area contributed by atoms with Crippen molar-refractivity contribution in [2.24, 2.45) is 0 Å². The van der Waals surface area contributed by atoms with Gasteiger partial charge in [0, 0.05) is 16.5 Å². The number of carbonyl (C=O) groups excluding carboxylic acids is 2. The zero-order valence-corrected chi connectivity index (χ0v) is 15.1. The van der Waals surface area contributed by atoms with Gasteiger partial charge in [-0.15, -0.1) is 11.3 Å². The molecular weight excluding hydrogens is 356 g/mol. The Hall–Kier alpha value is -2.74. The lowest BCUT2D eigenvalue weighted by atomic mass is 9.95. The molecule has 0 aliphatic heterocycles. The van der Waals surface area contributed by atoms with Crippen LogP contribution >= 0.6 is 11.3 Å². The standard InChI is InChI=1S/C18H18N2O5S/c1-25-18(22)16-12-7-3-5-9-14(12)26-17(16)19-15(21)10-11-6-2-4-8-13(11)20(23)24/h2,4,6,8H,3,5,7,9-10H2,1H3,(H,19,21). The second kappa shape index (κ2) is 7.65. The van der Waals surface area contributed by atoms with Crippen LogP contribution in [0.5, 0.6) is 0 Å². The van der Waals surface area contributed by atoms with E-state index < -0.39 is 16.8 Å². The minimum atomic E-state index is -0.508. The van der Waals surface area contributed by atoms with E-state index in [1.165, 1.54) is 24.5 Å². The van der Waals surface area contributed by atoms with Gasteiger partial charge in [0.25, 0.3) is 5.69 Å². The smallest absolute Gasteiger partial charge is 0.341 e. The highest BCUT2D eigenvalue weighted by Gasteiger charge is 2.27. The van der Waals surface area contributed by atoms with Gasteiger partial charge < -0.3 is 10.1 Å². The van der Waals surface area contributed by atoms with Gasteiger partial charge in [0.2, 0.25) is 5.91 Å². The zero-order chi connectivity index (χ0) is 18.7. The lowest BCUT2D eigenvalue weighted by molar-refractivity contribution is -0.385. The second-order valence-corrected chi connectivity index (χ2v) is 7.12. The van der Waals surface area contributed by atoms with E-state index in [-0.39, 0.29) is 12.1 Å². The topological polar surface area (TPSA) is 98.5 Å². The van der Waals surface area contributed by atoms with Crippen molar-refractivity contribution in [3.8, 4) is 0 Å². The number of hydrogen-bond donors (Lipinski definition) is 1. The highest BCUT2D eigenvalue weighted by Crippen LogP contribution is 2.38. The van der Waals surface area contributed by atoms with Gasteiger partial charge in [-0.05, 0) is 31.2 Å². The molecule has 1 aromatic carbocycles. The number of hydrogen-bond acceptors (Lipinski definition) is 6. The number of thiophene rings is 1. The summed E-state index contributed by atoms with van der Waals surface area (Å²) in [6.45, 7) is 0. The Labute approximate surface area is 154 Å². The summed E-state index contributed by atoms with van der Waals surface area (Å²) in [7, 11) is 1.31. The summed E-state index contributed by atoms with van der Waals surface area (Å²) in [5, 5.41) is 14.3. The van der Waals surface area contributed by atoms with Gasteiger partial charge in [-0.1, -0.05) is 18.2 Å². The van der Waals surface area contributed by atoms with Crippen molar-refractivity contribution in [2.45, 2.75) is 32.1 Å². The fraction of sp³-hybridized carbons (Fsp3) is 0.333. The fourth-order valence-corrected chi connectivity index (χ4v) is 4.45. The average Bonchev–Trinajstić information content (AvgIpc) is 2.98. The molecule has 1 aliphatic rings. The van der Waals surface area contributed by atoms with E-state index in [1.807, 2.05) is 0 Å². The predicted molar refractivity (Wildman–Crippen MR) is 97.7 cm³/mol. The Kier molecular flexibility index (Phi) is 5.32. The molecule has 2 aromatic rings. The van der Waals surface area contributed by atoms with E-state index in [1.54, 1.807) is 18.2 Å². The number of anilines is 1. The van der Waals surface area contributed by atoms with Crippen LogP contribution in [0.15, 0.2) is 24.3 Å². The number of esters is 1. The maximum atomic E-state index is 12.5. The third-order valence-corrected chi connectivity index (χ3v) is 5.56. The molecule has 0 atom stereocenters. The van der Waals surface area contributed by atoms with Crippen molar-refractivity contribution in [2.75, 3.05) is 12.4 Å². The van der Waals surface area contributed by atoms with Crippen molar-refractivity contribution >= 4 is 33.9 Å². The van der Waals surface area contributed by atoms with Crippen molar-refractivity contribution < 1.29 is 19.2 Å². The third kappa shape index (κ3) is 3.60. The number of benzene rings is 1. The van der Waals surface area contributed by atoms with Crippen LogP contribution in [0.4, 0.5) is 10.7 Å². The van der Waals surface area contributed by atoms with Gasteiger partial charge in [0.05, 0.1) is 24.0 Å². The molecule has 0 saturated heterocycles. The molecule has 1 heterocycles. The van der Waals surface area contributed by atoms with E-state index >= 15 is 0 Å². The van der Waals surface area contributed by atoms with Gasteiger partial charge in [-0.2, -0.15) is 0 Å². The molecule has 1 N–H and O–H groups in total. The number of ether oxygens (including phenoxy) is 1. The summed E-state index contributed by atoms with van der Waals surface area (Å²) in [5.41, 5.74) is 1.61. The van der Waals surface area contributed by atoms with Crippen LogP contribution < -0.4 is 5.32 Å². The Balaban J connectivity index is 1.85. The van der Waals surface area contributed by atoms with Crippen LogP contribution in [0.2, 0.25) is 0 Å². The molecule has 136 valence electrons. The molecule has 0 saturated carbocycles. The maximum absolute atomic E-state index is 12.5. The number of nitro benzene ring substituents is 1. The number of nitrogens with one attached hydrogen (secondary N) is 1. The van der Waals surface area contributed by atoms with Crippen molar-refractivity contribution in [3.05, 3.63) is 55.9 Å². The Bertz CT molecular complexity index is 874. The van der Waals surface area contributed by atoms with Crippen molar-refractivity contribution in [3.63, 3.8) is 0 Å². The maximum Gasteiger partial charge on any atom is 0.341 e. The van der Waals surface area contributed by atoms with E-state index in [0.717, 1.165) is 36.1 Å². The van der Waals surface area contributed by atoms with Crippen molar-refractivity contribution in [1.82, 2.24) is 0 Å². The van der Waals surface area contributed by atoms with Gasteiger partial charge in [-0.25, -0.2) is 4.79 Å². The summed E-state index contributed by atoms with van der Waals surface area (Å²) in [4.78, 5) is 36.3. The Morgan fingerprint density at radius 1 is 1.27 bits per heavy atom. The molecule has 0 bridgehead atoms. The number of nitrogens with zero attached hydrogens (tertiary/aromatic N) is 1. The summed E-state index contributed by atoms with van der Waals surface area (Å²) in [5.74, 6) is -0.867. The first-order chi connectivity index (χ1) is 12.5. The lowest BCUT2D eigenvalue weighted by Gasteiger charge is -2.11. The number of methoxy groups -OCH3 is 1. The highest BCUT2D eigenvalue weighted by atomic mass is 32.1. The molecular formula is C18H18N2O5S. The van der Waals surface area contributed by atoms with E-state index in [4.69, 9.17) is 4.74 Å². The molecule has 1 aromatic heterocycles. The van der Waals surface area contributed by atoms with Gasteiger partial charge in [-0.3, -0.25) is 14.9 Å². The van der Waals surface area contributed by atoms with Crippen LogP contribution in [0, 0.1) is 10.1 Å². The zero-order valence-electron chi connectivity index (χ0n) is 14.2. The number of amides is 1. The normalized spacial score (nSPS) is 13.0. The third-order valence-electron chi connectivity index (χ3n) is 4.35. The average molecular weight is 374 g/mol. The first-order valence-corrected chi connectivity index (χ1v) is 9.08. The minimum absolute atomic E-state index is 0.0960. The molecule has 3 rings (SSSR count). The predicted octanol–water partition coefficient (Wildman–Crippen LogP) is 3.50. The van der Waals surface area contributed by atoms with Gasteiger partial charge in [0.1, 0.15) is 5.00 Å². The first-order valence-electron chi connectivity index (χ1n) is 8.26. The SMILES string of the molecule is COC(=O)c1c(NC(=O)Cc2ccccc2[N+](=O)[O-])sc2c1CCCC2. The number of para-hydroxylation sites is 1. The molecule has 0 unspecified atom stereocenters. The van der Waals surface area contributed by atoms with Crippen LogP contribution in [0.1, 0.15) is 39.2 Å². The highest BCUT2D eigenvalue weighted by molar-refractivity contribution is 7.17. The lowest BCUT2D eigenvalue weighted by Crippen LogP contribution is -2.17. The molecule has 1 amide bonds. The Morgan fingerprint density at radius 2 is 2.00 bits per heavy atom. The summed E-state index contributed by atoms with van der Waals surface area (Å²) in [6.07, 6.45) is 3.58. The summed E-state index contributed by atoms with van der Waals surface area (Å²) in [6, 6.07) is 6.13. The number of nitro groups is 1. The quantitative estimate of drug-likeness (QED) is 0.491. The van der Waals surface area contributed by atoms with Crippen LogP contribution in [0.3, 0.4) is 0 Å². The molecule has 8 heteroatoms. The molecule has 0 spiro atoms. The number of carbonyl (C=O) groups is 2. The minimum Gasteiger partial charge on any atom is -0.465 e. The van der Waals surface area contributed by atoms with E-state index in [9.17, 15) is 19.7 Å². The van der Waals surface area contributed by atoms with Gasteiger partial charge >= 0.3 is 5.97 Å². The van der Waals surface area contributed by atoms with E-state index in [2.05, 4.69) is 5.32 Å². The number of aryl methyl sites for hydroxylation is 1. The second-order valence-electron chi connectivity index (χ2n) is 6.02. The van der Waals surface area contributed by atoms with Gasteiger partial charge in [0.15, 0.2) is 0 Å². The first kappa shape index (κ1) is 18.1. The van der Waals surface area contributed by atoms with Crippen LogP contribution in [0.25, 0.3) is 0 Å². The number of rotatable bonds is 5. The number of fused-ring (bicyclic) bond motifs is 1. The van der Waals surface area contributed by atoms with E-state index in [0.29, 0.717) is 16.1 Å². The Morgan fingerprint density at radius 3 is 2.73 bits per heavy atom. The molecule has 0 fully saturated rings. The van der Waals surface area contributed by atoms with Crippen LogP contribution in [-0.4, -0.2) is 23.9 Å². The largest absolute Gasteiger partial charge is 0.465 e. The molecule has 7 nitrogen and oxygen atoms in total. The summed E-state index contributed by atoms with van der Waals surface area (Å²) >= 11 is 1.39. The molecule has 26 heavy (non-hydrogen) atoms.